The Bertz CT molecular complexity index is 661. The number of nitro groups is 1. The van der Waals surface area contributed by atoms with E-state index < -0.39 is 0 Å². The van der Waals surface area contributed by atoms with Crippen LogP contribution < -0.4 is 20.4 Å². The van der Waals surface area contributed by atoms with Crippen molar-refractivity contribution in [2.75, 3.05) is 29.6 Å². The number of nitrogens with zero attached hydrogens (tertiary/aromatic N) is 3. The molecule has 2 N–H and O–H groups in total. The number of nitro benzene ring substituents is 1. The molecule has 1 aromatic carbocycles. The Balaban J connectivity index is 1.83. The summed E-state index contributed by atoms with van der Waals surface area (Å²) in [6.07, 6.45) is 4.42. The molecule has 8 nitrogen and oxygen atoms in total. The molecule has 2 aliphatic rings. The lowest BCUT2D eigenvalue weighted by Crippen LogP contribution is -2.35. The summed E-state index contributed by atoms with van der Waals surface area (Å²) >= 11 is 0. The maximum atomic E-state index is 11.3. The highest BCUT2D eigenvalue weighted by molar-refractivity contribution is 5.74. The second-order valence-corrected chi connectivity index (χ2v) is 5.71. The van der Waals surface area contributed by atoms with Gasteiger partial charge in [-0.15, -0.1) is 0 Å². The van der Waals surface area contributed by atoms with Gasteiger partial charge in [-0.05, 0) is 18.6 Å². The molecule has 1 saturated heterocycles. The molecule has 3 rings (SSSR count). The van der Waals surface area contributed by atoms with Gasteiger partial charge in [-0.3, -0.25) is 14.9 Å². The number of carbonyl (C=O) groups is 1. The molecule has 1 fully saturated rings. The Hall–Kier alpha value is -2.77. The lowest BCUT2D eigenvalue weighted by molar-refractivity contribution is -0.384. The molecule has 0 saturated carbocycles. The first-order chi connectivity index (χ1) is 11.0. The molecule has 0 aliphatic carbocycles. The van der Waals surface area contributed by atoms with Crippen LogP contribution in [0.3, 0.4) is 0 Å². The Labute approximate surface area is 133 Å². The smallest absolute Gasteiger partial charge is 0.293 e. The van der Waals surface area contributed by atoms with E-state index >= 15 is 0 Å². The van der Waals surface area contributed by atoms with Crippen LogP contribution >= 0.6 is 0 Å². The molecule has 1 aromatic rings. The predicted octanol–water partition coefficient (Wildman–Crippen LogP) is 1.15. The summed E-state index contributed by atoms with van der Waals surface area (Å²) in [4.78, 5) is 26.0. The van der Waals surface area contributed by atoms with Crippen LogP contribution in [-0.2, 0) is 4.79 Å². The summed E-state index contributed by atoms with van der Waals surface area (Å²) in [6.45, 7) is 3.55. The first-order valence-electron chi connectivity index (χ1n) is 7.52. The van der Waals surface area contributed by atoms with Crippen molar-refractivity contribution in [1.82, 2.24) is 10.6 Å². The van der Waals surface area contributed by atoms with Crippen molar-refractivity contribution < 1.29 is 9.72 Å². The van der Waals surface area contributed by atoms with E-state index in [9.17, 15) is 14.9 Å². The summed E-state index contributed by atoms with van der Waals surface area (Å²) in [5.74, 6) is -0.0329. The molecular formula is C15H19N5O3. The van der Waals surface area contributed by atoms with Crippen molar-refractivity contribution >= 4 is 23.0 Å². The molecule has 23 heavy (non-hydrogen) atoms. The zero-order chi connectivity index (χ0) is 16.4. The van der Waals surface area contributed by atoms with E-state index in [4.69, 9.17) is 0 Å². The van der Waals surface area contributed by atoms with Crippen LogP contribution in [0.2, 0.25) is 0 Å². The highest BCUT2D eigenvalue weighted by Gasteiger charge is 2.26. The minimum Gasteiger partial charge on any atom is -0.372 e. The third-order valence-corrected chi connectivity index (χ3v) is 4.06. The van der Waals surface area contributed by atoms with Crippen LogP contribution in [0.15, 0.2) is 30.6 Å². The van der Waals surface area contributed by atoms with Crippen molar-refractivity contribution in [2.45, 2.75) is 19.4 Å². The molecule has 0 radical (unpaired) electrons. The highest BCUT2D eigenvalue weighted by atomic mass is 16.6. The van der Waals surface area contributed by atoms with Gasteiger partial charge in [-0.1, -0.05) is 0 Å². The van der Waals surface area contributed by atoms with Crippen LogP contribution in [0, 0.1) is 10.1 Å². The zero-order valence-corrected chi connectivity index (χ0v) is 12.9. The molecular weight excluding hydrogens is 298 g/mol. The number of amides is 1. The zero-order valence-electron chi connectivity index (χ0n) is 12.9. The van der Waals surface area contributed by atoms with Gasteiger partial charge in [0, 0.05) is 50.2 Å². The van der Waals surface area contributed by atoms with E-state index in [1.54, 1.807) is 24.5 Å². The number of hydrogen-bond acceptors (Lipinski definition) is 6. The van der Waals surface area contributed by atoms with Crippen LogP contribution in [0.1, 0.15) is 13.3 Å². The maximum Gasteiger partial charge on any atom is 0.293 e. The Morgan fingerprint density at radius 3 is 2.96 bits per heavy atom. The van der Waals surface area contributed by atoms with Gasteiger partial charge in [0.1, 0.15) is 5.69 Å². The molecule has 0 bridgehead atoms. The molecule has 0 spiro atoms. The molecule has 2 heterocycles. The Kier molecular flexibility index (Phi) is 4.05. The Morgan fingerprint density at radius 1 is 1.48 bits per heavy atom. The van der Waals surface area contributed by atoms with Crippen molar-refractivity contribution in [3.05, 3.63) is 40.7 Å². The van der Waals surface area contributed by atoms with E-state index in [0.717, 1.165) is 18.7 Å². The molecule has 1 atom stereocenters. The van der Waals surface area contributed by atoms with Crippen LogP contribution in [0.25, 0.3) is 0 Å². The van der Waals surface area contributed by atoms with Gasteiger partial charge in [0.2, 0.25) is 5.91 Å². The fraction of sp³-hybridized carbons (Fsp3) is 0.400. The summed E-state index contributed by atoms with van der Waals surface area (Å²) in [6, 6.07) is 5.28. The van der Waals surface area contributed by atoms with Gasteiger partial charge >= 0.3 is 0 Å². The van der Waals surface area contributed by atoms with Gasteiger partial charge in [0.25, 0.3) is 5.69 Å². The van der Waals surface area contributed by atoms with Crippen molar-refractivity contribution in [2.24, 2.45) is 0 Å². The van der Waals surface area contributed by atoms with Crippen LogP contribution in [0.5, 0.6) is 0 Å². The monoisotopic (exact) mass is 317 g/mol. The summed E-state index contributed by atoms with van der Waals surface area (Å²) < 4.78 is 0. The summed E-state index contributed by atoms with van der Waals surface area (Å²) in [7, 11) is 0. The third kappa shape index (κ3) is 3.20. The van der Waals surface area contributed by atoms with Crippen molar-refractivity contribution in [3.8, 4) is 0 Å². The summed E-state index contributed by atoms with van der Waals surface area (Å²) in [5, 5.41) is 17.2. The predicted molar refractivity (Wildman–Crippen MR) is 87.2 cm³/mol. The molecule has 1 amide bonds. The van der Waals surface area contributed by atoms with Crippen LogP contribution in [0.4, 0.5) is 17.1 Å². The second kappa shape index (κ2) is 6.15. The number of carbonyl (C=O) groups excluding carboxylic acids is 1. The van der Waals surface area contributed by atoms with Gasteiger partial charge in [-0.2, -0.15) is 0 Å². The van der Waals surface area contributed by atoms with Gasteiger partial charge in [-0.25, -0.2) is 0 Å². The minimum atomic E-state index is -0.366. The van der Waals surface area contributed by atoms with Gasteiger partial charge < -0.3 is 20.4 Å². The normalized spacial score (nSPS) is 19.8. The number of nitrogens with one attached hydrogen (secondary N) is 2. The van der Waals surface area contributed by atoms with E-state index in [0.29, 0.717) is 18.9 Å². The average molecular weight is 317 g/mol. The van der Waals surface area contributed by atoms with Crippen molar-refractivity contribution in [3.63, 3.8) is 0 Å². The van der Waals surface area contributed by atoms with E-state index in [2.05, 4.69) is 15.5 Å². The third-order valence-electron chi connectivity index (χ3n) is 4.06. The molecule has 122 valence electrons. The fourth-order valence-corrected chi connectivity index (χ4v) is 3.00. The fourth-order valence-electron chi connectivity index (χ4n) is 3.00. The van der Waals surface area contributed by atoms with Gasteiger partial charge in [0.15, 0.2) is 0 Å². The maximum absolute atomic E-state index is 11.3. The molecule has 2 aliphatic heterocycles. The number of hydrogen-bond donors (Lipinski definition) is 2. The highest BCUT2D eigenvalue weighted by Crippen LogP contribution is 2.34. The lowest BCUT2D eigenvalue weighted by atomic mass is 10.2. The SMILES string of the molecule is CC(=O)NC1CCN(c2ccc([N+](=O)[O-])c(N3C=CNC3)c2)C1. The number of benzene rings is 1. The van der Waals surface area contributed by atoms with Gasteiger partial charge in [0.05, 0.1) is 11.6 Å². The molecule has 1 unspecified atom stereocenters. The Morgan fingerprint density at radius 2 is 2.30 bits per heavy atom. The number of rotatable bonds is 4. The van der Waals surface area contributed by atoms with E-state index in [1.165, 1.54) is 6.92 Å². The quantitative estimate of drug-likeness (QED) is 0.639. The van der Waals surface area contributed by atoms with E-state index in [-0.39, 0.29) is 22.6 Å². The molecule has 8 heteroatoms. The lowest BCUT2D eigenvalue weighted by Gasteiger charge is -2.22. The minimum absolute atomic E-state index is 0.0329. The van der Waals surface area contributed by atoms with E-state index in [1.807, 2.05) is 11.0 Å². The topological polar surface area (TPSA) is 90.8 Å². The number of anilines is 2. The molecule has 0 aromatic heterocycles. The first kappa shape index (κ1) is 15.1. The van der Waals surface area contributed by atoms with Crippen LogP contribution in [-0.4, -0.2) is 36.6 Å². The largest absolute Gasteiger partial charge is 0.372 e. The summed E-state index contributed by atoms with van der Waals surface area (Å²) in [5.41, 5.74) is 1.58. The standard InChI is InChI=1S/C15H19N5O3/c1-11(21)17-12-4-6-18(9-12)13-2-3-14(20(22)23)15(8-13)19-7-5-16-10-19/h2-3,5,7-8,12,16H,4,6,9-10H2,1H3,(H,17,21). The average Bonchev–Trinajstić information content (AvgIpc) is 3.17. The first-order valence-corrected chi connectivity index (χ1v) is 7.52. The van der Waals surface area contributed by atoms with Crippen molar-refractivity contribution in [1.29, 1.82) is 0 Å². The second-order valence-electron chi connectivity index (χ2n) is 5.71.